The summed E-state index contributed by atoms with van der Waals surface area (Å²) < 4.78 is 58.3. The molecule has 0 saturated heterocycles. The summed E-state index contributed by atoms with van der Waals surface area (Å²) in [5.74, 6) is -2.67. The zero-order chi connectivity index (χ0) is 15.3. The van der Waals surface area contributed by atoms with Crippen LogP contribution in [0.5, 0.6) is 5.75 Å². The van der Waals surface area contributed by atoms with Gasteiger partial charge in [-0.15, -0.1) is 13.2 Å². The minimum absolute atomic E-state index is 0.0348. The van der Waals surface area contributed by atoms with E-state index in [9.17, 15) is 22.4 Å². The van der Waals surface area contributed by atoms with Gasteiger partial charge in [-0.3, -0.25) is 4.79 Å². The van der Waals surface area contributed by atoms with Gasteiger partial charge in [-0.2, -0.15) is 5.26 Å². The number of hydrogen-bond acceptors (Lipinski definition) is 4. The Bertz CT molecular complexity index is 549. The van der Waals surface area contributed by atoms with Crippen LogP contribution in [0.15, 0.2) is 12.1 Å². The van der Waals surface area contributed by atoms with Crippen molar-refractivity contribution in [3.8, 4) is 11.8 Å². The van der Waals surface area contributed by atoms with Gasteiger partial charge in [0.05, 0.1) is 18.6 Å². The van der Waals surface area contributed by atoms with Gasteiger partial charge in [0.1, 0.15) is 17.6 Å². The first-order chi connectivity index (χ1) is 9.26. The minimum Gasteiger partial charge on any atom is -0.466 e. The number of esters is 1. The number of carbonyl (C=O) groups excluding carboxylic acids is 1. The van der Waals surface area contributed by atoms with E-state index >= 15 is 0 Å². The summed E-state index contributed by atoms with van der Waals surface area (Å²) in [4.78, 5) is 11.2. The van der Waals surface area contributed by atoms with E-state index in [0.717, 1.165) is 0 Å². The molecular formula is C12H9F4NO3. The van der Waals surface area contributed by atoms with Crippen LogP contribution in [0.4, 0.5) is 17.6 Å². The van der Waals surface area contributed by atoms with Crippen LogP contribution in [0.2, 0.25) is 0 Å². The van der Waals surface area contributed by atoms with Gasteiger partial charge in [0, 0.05) is 11.6 Å². The fraction of sp³-hybridized carbons (Fsp3) is 0.333. The maximum Gasteiger partial charge on any atom is 0.573 e. The second-order valence-corrected chi connectivity index (χ2v) is 3.58. The summed E-state index contributed by atoms with van der Waals surface area (Å²) in [5.41, 5.74) is -0.964. The van der Waals surface area contributed by atoms with Crippen LogP contribution in [-0.4, -0.2) is 18.9 Å². The molecule has 0 unspecified atom stereocenters. The molecule has 0 heterocycles. The van der Waals surface area contributed by atoms with Crippen LogP contribution in [0, 0.1) is 17.1 Å². The highest BCUT2D eigenvalue weighted by Crippen LogP contribution is 2.29. The zero-order valence-corrected chi connectivity index (χ0v) is 10.3. The lowest BCUT2D eigenvalue weighted by Crippen LogP contribution is -2.19. The van der Waals surface area contributed by atoms with Gasteiger partial charge in [-0.1, -0.05) is 0 Å². The predicted octanol–water partition coefficient (Wildman–Crippen LogP) is 2.70. The van der Waals surface area contributed by atoms with E-state index in [0.29, 0.717) is 12.1 Å². The van der Waals surface area contributed by atoms with Gasteiger partial charge in [-0.05, 0) is 13.0 Å². The van der Waals surface area contributed by atoms with E-state index in [1.54, 1.807) is 0 Å². The summed E-state index contributed by atoms with van der Waals surface area (Å²) >= 11 is 0. The molecule has 0 radical (unpaired) electrons. The van der Waals surface area contributed by atoms with Crippen molar-refractivity contribution < 1.29 is 31.8 Å². The smallest absolute Gasteiger partial charge is 0.466 e. The summed E-state index contributed by atoms with van der Waals surface area (Å²) in [6.07, 6.45) is -5.62. The van der Waals surface area contributed by atoms with Crippen molar-refractivity contribution in [2.75, 3.05) is 6.61 Å². The number of carbonyl (C=O) groups is 1. The van der Waals surface area contributed by atoms with Gasteiger partial charge in [0.25, 0.3) is 0 Å². The number of ether oxygens (including phenoxy) is 2. The number of nitriles is 1. The molecule has 20 heavy (non-hydrogen) atoms. The molecule has 1 rings (SSSR count). The minimum atomic E-state index is -5.02. The third kappa shape index (κ3) is 4.42. The van der Waals surface area contributed by atoms with Gasteiger partial charge in [-0.25, -0.2) is 4.39 Å². The molecule has 4 nitrogen and oxygen atoms in total. The summed E-state index contributed by atoms with van der Waals surface area (Å²) in [5, 5.41) is 8.58. The average molecular weight is 291 g/mol. The molecule has 0 aliphatic heterocycles. The first-order valence-electron chi connectivity index (χ1n) is 5.40. The lowest BCUT2D eigenvalue weighted by atomic mass is 10.1. The largest absolute Gasteiger partial charge is 0.573 e. The first-order valence-corrected chi connectivity index (χ1v) is 5.40. The standard InChI is InChI=1S/C12H9F4NO3/c1-2-19-11(18)5-7-3-9(13)8(6-17)4-10(7)20-12(14,15)16/h3-4H,2,5H2,1H3. The van der Waals surface area contributed by atoms with E-state index in [-0.39, 0.29) is 12.2 Å². The number of benzene rings is 1. The van der Waals surface area contributed by atoms with Crippen LogP contribution >= 0.6 is 0 Å². The third-order valence-electron chi connectivity index (χ3n) is 2.14. The van der Waals surface area contributed by atoms with Gasteiger partial charge in [0.2, 0.25) is 0 Å². The highest BCUT2D eigenvalue weighted by molar-refractivity contribution is 5.73. The maximum atomic E-state index is 13.4. The highest BCUT2D eigenvalue weighted by atomic mass is 19.4. The van der Waals surface area contributed by atoms with Gasteiger partial charge in [0.15, 0.2) is 0 Å². The van der Waals surface area contributed by atoms with Crippen LogP contribution in [-0.2, 0) is 16.0 Å². The van der Waals surface area contributed by atoms with Crippen LogP contribution in [0.3, 0.4) is 0 Å². The Morgan fingerprint density at radius 1 is 1.40 bits per heavy atom. The SMILES string of the molecule is CCOC(=O)Cc1cc(F)c(C#N)cc1OC(F)(F)F. The highest BCUT2D eigenvalue weighted by Gasteiger charge is 2.33. The number of hydrogen-bond donors (Lipinski definition) is 0. The summed E-state index contributed by atoms with van der Waals surface area (Å²) in [7, 11) is 0. The maximum absolute atomic E-state index is 13.4. The van der Waals surface area contributed by atoms with Crippen molar-refractivity contribution >= 4 is 5.97 Å². The first kappa shape index (κ1) is 15.8. The quantitative estimate of drug-likeness (QED) is 0.632. The molecule has 1 aromatic carbocycles. The second-order valence-electron chi connectivity index (χ2n) is 3.58. The Kier molecular flexibility index (Phi) is 4.91. The Labute approximate surface area is 111 Å². The van der Waals surface area contributed by atoms with Crippen LogP contribution in [0.1, 0.15) is 18.1 Å². The molecule has 108 valence electrons. The van der Waals surface area contributed by atoms with Crippen molar-refractivity contribution in [3.05, 3.63) is 29.1 Å². The zero-order valence-electron chi connectivity index (χ0n) is 10.3. The number of alkyl halides is 3. The van der Waals surface area contributed by atoms with Crippen molar-refractivity contribution in [2.45, 2.75) is 19.7 Å². The summed E-state index contributed by atoms with van der Waals surface area (Å²) in [6.45, 7) is 1.55. The van der Waals surface area contributed by atoms with E-state index in [1.165, 1.54) is 13.0 Å². The van der Waals surface area contributed by atoms with Crippen molar-refractivity contribution in [1.82, 2.24) is 0 Å². The monoisotopic (exact) mass is 291 g/mol. The third-order valence-corrected chi connectivity index (χ3v) is 2.14. The lowest BCUT2D eigenvalue weighted by Gasteiger charge is -2.13. The van der Waals surface area contributed by atoms with Crippen molar-refractivity contribution in [3.63, 3.8) is 0 Å². The Balaban J connectivity index is 3.16. The van der Waals surface area contributed by atoms with E-state index in [2.05, 4.69) is 9.47 Å². The fourth-order valence-electron chi connectivity index (χ4n) is 1.41. The molecule has 8 heteroatoms. The molecule has 0 N–H and O–H groups in total. The van der Waals surface area contributed by atoms with Crippen molar-refractivity contribution in [2.24, 2.45) is 0 Å². The van der Waals surface area contributed by atoms with E-state index < -0.39 is 35.9 Å². The Morgan fingerprint density at radius 3 is 2.55 bits per heavy atom. The van der Waals surface area contributed by atoms with Gasteiger partial charge < -0.3 is 9.47 Å². The molecule has 0 fully saturated rings. The normalized spacial score (nSPS) is 10.8. The second kappa shape index (κ2) is 6.23. The molecule has 0 aliphatic carbocycles. The van der Waals surface area contributed by atoms with E-state index in [1.807, 2.05) is 0 Å². The molecule has 1 aromatic rings. The molecule has 0 saturated carbocycles. The molecule has 0 aliphatic rings. The van der Waals surface area contributed by atoms with E-state index in [4.69, 9.17) is 5.26 Å². The Morgan fingerprint density at radius 2 is 2.05 bits per heavy atom. The number of nitrogens with zero attached hydrogens (tertiary/aromatic N) is 1. The fourth-order valence-corrected chi connectivity index (χ4v) is 1.41. The average Bonchev–Trinajstić information content (AvgIpc) is 2.31. The van der Waals surface area contributed by atoms with Crippen LogP contribution < -0.4 is 4.74 Å². The lowest BCUT2D eigenvalue weighted by molar-refractivity contribution is -0.275. The number of rotatable bonds is 4. The van der Waals surface area contributed by atoms with Crippen LogP contribution in [0.25, 0.3) is 0 Å². The molecule has 0 bridgehead atoms. The molecule has 0 aromatic heterocycles. The Hall–Kier alpha value is -2.30. The number of halogens is 4. The topological polar surface area (TPSA) is 59.3 Å². The molecule has 0 amide bonds. The van der Waals surface area contributed by atoms with Gasteiger partial charge >= 0.3 is 12.3 Å². The molecule has 0 spiro atoms. The molecule has 0 atom stereocenters. The predicted molar refractivity (Wildman–Crippen MR) is 58.1 cm³/mol. The summed E-state index contributed by atoms with van der Waals surface area (Å²) in [6, 6.07) is 2.63. The molecular weight excluding hydrogens is 282 g/mol. The van der Waals surface area contributed by atoms with Crippen molar-refractivity contribution in [1.29, 1.82) is 5.26 Å².